The second-order valence-corrected chi connectivity index (χ2v) is 9.27. The number of likely N-dealkylation sites (tertiary alicyclic amines) is 1. The van der Waals surface area contributed by atoms with Crippen LogP contribution in [0.15, 0.2) is 12.1 Å². The highest BCUT2D eigenvalue weighted by Crippen LogP contribution is 2.31. The van der Waals surface area contributed by atoms with E-state index in [2.05, 4.69) is 19.9 Å². The molecule has 1 aromatic carbocycles. The van der Waals surface area contributed by atoms with Gasteiger partial charge < -0.3 is 25.2 Å². The van der Waals surface area contributed by atoms with E-state index in [-0.39, 0.29) is 27.6 Å². The van der Waals surface area contributed by atoms with Crippen LogP contribution in [0.1, 0.15) is 53.6 Å². The maximum atomic E-state index is 14.0. The van der Waals surface area contributed by atoms with Crippen molar-refractivity contribution in [2.24, 2.45) is 0 Å². The fourth-order valence-electron chi connectivity index (χ4n) is 3.81. The number of benzene rings is 1. The number of aromatic nitrogens is 1. The molecule has 1 saturated heterocycles. The molecule has 1 unspecified atom stereocenters. The van der Waals surface area contributed by atoms with Crippen LogP contribution in [-0.2, 0) is 6.61 Å². The molecule has 2 amide bonds. The lowest BCUT2D eigenvalue weighted by atomic mass is 10.1. The van der Waals surface area contributed by atoms with Gasteiger partial charge in [-0.2, -0.15) is 4.37 Å². The summed E-state index contributed by atoms with van der Waals surface area (Å²) in [5.41, 5.74) is -0.331. The van der Waals surface area contributed by atoms with Crippen molar-refractivity contribution >= 4 is 28.5 Å². The maximum Gasteiger partial charge on any atom is 0.344 e. The number of hydrogen-bond acceptors (Lipinski definition) is 7. The van der Waals surface area contributed by atoms with Crippen molar-refractivity contribution in [2.75, 3.05) is 31.5 Å². The molecule has 2 aromatic rings. The number of piperidine rings is 1. The molecule has 0 radical (unpaired) electrons. The van der Waals surface area contributed by atoms with Gasteiger partial charge >= 0.3 is 12.0 Å². The Kier molecular flexibility index (Phi) is 9.75. The number of rotatable bonds is 11. The SMILES string of the molecule is Cc1ccc(COc2nsc(NC(=O)NCCCC(O)CN3CCCCC3)c2C(=O)O)c(F)c1F. The average molecular weight is 513 g/mol. The number of aliphatic hydroxyl groups excluding tert-OH is 1. The van der Waals surface area contributed by atoms with Crippen molar-refractivity contribution in [3.05, 3.63) is 40.5 Å². The van der Waals surface area contributed by atoms with Crippen LogP contribution in [0, 0.1) is 18.6 Å². The van der Waals surface area contributed by atoms with Crippen molar-refractivity contribution in [1.29, 1.82) is 0 Å². The number of nitrogens with zero attached hydrogens (tertiary/aromatic N) is 2. The molecule has 9 nitrogen and oxygen atoms in total. The predicted molar refractivity (Wildman–Crippen MR) is 127 cm³/mol. The van der Waals surface area contributed by atoms with E-state index in [1.165, 1.54) is 25.5 Å². The van der Waals surface area contributed by atoms with E-state index in [1.54, 1.807) is 0 Å². The molecule has 0 saturated carbocycles. The van der Waals surface area contributed by atoms with Crippen LogP contribution >= 0.6 is 11.5 Å². The van der Waals surface area contributed by atoms with E-state index < -0.39 is 36.3 Å². The molecule has 0 bridgehead atoms. The highest BCUT2D eigenvalue weighted by atomic mass is 32.1. The number of halogens is 2. The zero-order chi connectivity index (χ0) is 25.4. The summed E-state index contributed by atoms with van der Waals surface area (Å²) < 4.78 is 37.0. The van der Waals surface area contributed by atoms with Crippen LogP contribution in [-0.4, -0.2) is 63.8 Å². The summed E-state index contributed by atoms with van der Waals surface area (Å²) in [7, 11) is 0. The minimum absolute atomic E-state index is 0.0503. The number of carboxylic acid groups (broad SMARTS) is 1. The summed E-state index contributed by atoms with van der Waals surface area (Å²) in [5.74, 6) is -3.77. The molecule has 1 aliphatic rings. The third kappa shape index (κ3) is 7.58. The van der Waals surface area contributed by atoms with Gasteiger partial charge in [0.2, 0.25) is 5.88 Å². The Hall–Kier alpha value is -2.83. The molecular formula is C23H30F2N4O5S. The van der Waals surface area contributed by atoms with Crippen LogP contribution < -0.4 is 15.4 Å². The van der Waals surface area contributed by atoms with Gasteiger partial charge in [-0.05, 0) is 62.8 Å². The summed E-state index contributed by atoms with van der Waals surface area (Å²) in [6, 6.07) is 2.11. The van der Waals surface area contributed by atoms with Gasteiger partial charge in [0, 0.05) is 18.7 Å². The van der Waals surface area contributed by atoms with Gasteiger partial charge in [0.15, 0.2) is 17.2 Å². The third-order valence-corrected chi connectivity index (χ3v) is 6.48. The van der Waals surface area contributed by atoms with E-state index >= 15 is 0 Å². The molecule has 0 spiro atoms. The van der Waals surface area contributed by atoms with Crippen LogP contribution in [0.5, 0.6) is 5.88 Å². The molecular weight excluding hydrogens is 482 g/mol. The van der Waals surface area contributed by atoms with Crippen LogP contribution in [0.4, 0.5) is 18.6 Å². The highest BCUT2D eigenvalue weighted by Gasteiger charge is 2.24. The van der Waals surface area contributed by atoms with E-state index in [9.17, 15) is 28.6 Å². The average Bonchev–Trinajstić information content (AvgIpc) is 3.23. The first kappa shape index (κ1) is 26.8. The lowest BCUT2D eigenvalue weighted by molar-refractivity contribution is 0.0692. The molecule has 0 aliphatic carbocycles. The first-order valence-electron chi connectivity index (χ1n) is 11.5. The number of β-amino-alcohol motifs (C(OH)–C–C–N with tert-alkyl or cyclic N) is 1. The Morgan fingerprint density at radius 2 is 1.97 bits per heavy atom. The molecule has 2 heterocycles. The van der Waals surface area contributed by atoms with Gasteiger partial charge in [-0.15, -0.1) is 0 Å². The number of ether oxygens (including phenoxy) is 1. The molecule has 35 heavy (non-hydrogen) atoms. The zero-order valence-electron chi connectivity index (χ0n) is 19.5. The van der Waals surface area contributed by atoms with Crippen LogP contribution in [0.3, 0.4) is 0 Å². The quantitative estimate of drug-likeness (QED) is 0.338. The minimum atomic E-state index is -1.39. The van der Waals surface area contributed by atoms with Gasteiger partial charge in [0.05, 0.1) is 6.10 Å². The lowest BCUT2D eigenvalue weighted by Gasteiger charge is -2.28. The highest BCUT2D eigenvalue weighted by molar-refractivity contribution is 7.11. The normalized spacial score (nSPS) is 15.0. The van der Waals surface area contributed by atoms with Gasteiger partial charge in [0.1, 0.15) is 11.6 Å². The molecule has 192 valence electrons. The van der Waals surface area contributed by atoms with Gasteiger partial charge in [0.25, 0.3) is 0 Å². The standard InChI is InChI=1S/C23H30F2N4O5S/c1-14-7-8-15(19(25)18(14)24)13-34-20-17(22(31)32)21(35-28-20)27-23(33)26-9-5-6-16(30)12-29-10-3-2-4-11-29/h7-8,16,30H,2-6,9-13H2,1H3,(H,31,32)(H2,26,27,33). The topological polar surface area (TPSA) is 124 Å². The Morgan fingerprint density at radius 1 is 1.23 bits per heavy atom. The van der Waals surface area contributed by atoms with Crippen molar-refractivity contribution in [3.8, 4) is 5.88 Å². The van der Waals surface area contributed by atoms with Crippen molar-refractivity contribution in [3.63, 3.8) is 0 Å². The number of carboxylic acids is 1. The number of hydrogen-bond donors (Lipinski definition) is 4. The first-order valence-corrected chi connectivity index (χ1v) is 12.3. The molecule has 1 atom stereocenters. The predicted octanol–water partition coefficient (Wildman–Crippen LogP) is 3.76. The lowest BCUT2D eigenvalue weighted by Crippen LogP contribution is -2.37. The third-order valence-electron chi connectivity index (χ3n) is 5.74. The van der Waals surface area contributed by atoms with Gasteiger partial charge in [-0.1, -0.05) is 18.6 Å². The second-order valence-electron chi connectivity index (χ2n) is 8.49. The summed E-state index contributed by atoms with van der Waals surface area (Å²) in [6.07, 6.45) is 4.16. The second kappa shape index (κ2) is 12.8. The van der Waals surface area contributed by atoms with E-state index in [4.69, 9.17) is 4.74 Å². The number of aromatic carboxylic acids is 1. The number of aliphatic hydroxyl groups is 1. The molecule has 4 N–H and O–H groups in total. The van der Waals surface area contributed by atoms with Gasteiger partial charge in [-0.3, -0.25) is 5.32 Å². The Morgan fingerprint density at radius 3 is 2.69 bits per heavy atom. The summed E-state index contributed by atoms with van der Waals surface area (Å²) in [4.78, 5) is 26.2. The van der Waals surface area contributed by atoms with E-state index in [0.29, 0.717) is 37.5 Å². The van der Waals surface area contributed by atoms with Crippen molar-refractivity contribution < 1.29 is 33.3 Å². The molecule has 1 aliphatic heterocycles. The summed E-state index contributed by atoms with van der Waals surface area (Å²) in [6.45, 7) is 3.91. The fraction of sp³-hybridized carbons (Fsp3) is 0.522. The Balaban J connectivity index is 1.47. The summed E-state index contributed by atoms with van der Waals surface area (Å²) >= 11 is 0.700. The largest absolute Gasteiger partial charge is 0.477 e. The molecule has 3 rings (SSSR count). The Bertz CT molecular complexity index is 1030. The Labute approximate surface area is 206 Å². The van der Waals surface area contributed by atoms with Crippen molar-refractivity contribution in [2.45, 2.75) is 51.7 Å². The van der Waals surface area contributed by atoms with E-state index in [0.717, 1.165) is 25.9 Å². The monoisotopic (exact) mass is 512 g/mol. The van der Waals surface area contributed by atoms with Gasteiger partial charge in [-0.25, -0.2) is 18.4 Å². The molecule has 1 aromatic heterocycles. The zero-order valence-corrected chi connectivity index (χ0v) is 20.3. The fourth-order valence-corrected chi connectivity index (χ4v) is 4.53. The smallest absolute Gasteiger partial charge is 0.344 e. The van der Waals surface area contributed by atoms with Crippen molar-refractivity contribution in [1.82, 2.24) is 14.6 Å². The summed E-state index contributed by atoms with van der Waals surface area (Å²) in [5, 5.41) is 24.7. The minimum Gasteiger partial charge on any atom is -0.477 e. The number of amides is 2. The number of aryl methyl sites for hydroxylation is 1. The molecule has 1 fully saturated rings. The number of carbonyl (C=O) groups excluding carboxylic acids is 1. The molecule has 12 heteroatoms. The number of nitrogens with one attached hydrogen (secondary N) is 2. The van der Waals surface area contributed by atoms with Crippen LogP contribution in [0.25, 0.3) is 0 Å². The number of anilines is 1. The number of urea groups is 1. The van der Waals surface area contributed by atoms with Crippen LogP contribution in [0.2, 0.25) is 0 Å². The first-order chi connectivity index (χ1) is 16.8. The maximum absolute atomic E-state index is 14.0. The number of carbonyl (C=O) groups is 2. The van der Waals surface area contributed by atoms with E-state index in [1.807, 2.05) is 0 Å².